The van der Waals surface area contributed by atoms with Gasteiger partial charge in [0.15, 0.2) is 0 Å². The maximum absolute atomic E-state index is 12.4. The molecule has 8 heteroatoms. The van der Waals surface area contributed by atoms with Crippen molar-refractivity contribution in [2.24, 2.45) is 0 Å². The molecule has 0 saturated carbocycles. The summed E-state index contributed by atoms with van der Waals surface area (Å²) in [6, 6.07) is 13.4. The first-order chi connectivity index (χ1) is 13.2. The molecule has 0 aliphatic rings. The lowest BCUT2D eigenvalue weighted by Crippen LogP contribution is -2.33. The normalized spacial score (nSPS) is 11.8. The number of nitrogens with zero attached hydrogens (tertiary/aromatic N) is 1. The molecule has 0 aliphatic heterocycles. The summed E-state index contributed by atoms with van der Waals surface area (Å²) >= 11 is 0. The molecular formula is C20H21N3O4S. The Kier molecular flexibility index (Phi) is 5.24. The molecule has 2 aromatic carbocycles. The lowest BCUT2D eigenvalue weighted by molar-refractivity contribution is 0.102. The molecule has 1 amide bonds. The SMILES string of the molecule is CC(C)(C)S(=O)(=O)Nc1ccc(C(=O)Nc2ccc(-c3ncco3)cc2)cc1. The van der Waals surface area contributed by atoms with Crippen LogP contribution in [0.1, 0.15) is 31.1 Å². The number of hydrogen-bond acceptors (Lipinski definition) is 5. The van der Waals surface area contributed by atoms with Gasteiger partial charge in [-0.2, -0.15) is 0 Å². The Morgan fingerprint density at radius 2 is 1.57 bits per heavy atom. The number of rotatable bonds is 5. The Hall–Kier alpha value is -3.13. The van der Waals surface area contributed by atoms with Crippen molar-refractivity contribution in [1.29, 1.82) is 0 Å². The summed E-state index contributed by atoms with van der Waals surface area (Å²) in [5.41, 5.74) is 2.24. The van der Waals surface area contributed by atoms with Crippen molar-refractivity contribution in [2.75, 3.05) is 10.0 Å². The first-order valence-electron chi connectivity index (χ1n) is 8.59. The molecule has 2 N–H and O–H groups in total. The fourth-order valence-corrected chi connectivity index (χ4v) is 3.02. The van der Waals surface area contributed by atoms with Crippen LogP contribution in [0.5, 0.6) is 0 Å². The molecule has 1 aromatic heterocycles. The van der Waals surface area contributed by atoms with Crippen LogP contribution in [0.15, 0.2) is 65.4 Å². The largest absolute Gasteiger partial charge is 0.445 e. The van der Waals surface area contributed by atoms with Crippen LogP contribution in [0.25, 0.3) is 11.5 Å². The van der Waals surface area contributed by atoms with E-state index in [1.807, 2.05) is 0 Å². The number of benzene rings is 2. The molecule has 28 heavy (non-hydrogen) atoms. The van der Waals surface area contributed by atoms with E-state index in [4.69, 9.17) is 4.42 Å². The van der Waals surface area contributed by atoms with E-state index >= 15 is 0 Å². The summed E-state index contributed by atoms with van der Waals surface area (Å²) in [6.45, 7) is 4.85. The Balaban J connectivity index is 1.66. The minimum atomic E-state index is -3.52. The van der Waals surface area contributed by atoms with Crippen LogP contribution < -0.4 is 10.0 Å². The molecule has 0 unspecified atom stereocenters. The highest BCUT2D eigenvalue weighted by atomic mass is 32.2. The molecule has 1 heterocycles. The van der Waals surface area contributed by atoms with E-state index in [1.165, 1.54) is 6.26 Å². The van der Waals surface area contributed by atoms with Gasteiger partial charge in [0.2, 0.25) is 15.9 Å². The van der Waals surface area contributed by atoms with Crippen LogP contribution in [0.3, 0.4) is 0 Å². The fraction of sp³-hybridized carbons (Fsp3) is 0.200. The van der Waals surface area contributed by atoms with Gasteiger partial charge in [0.1, 0.15) is 6.26 Å². The zero-order chi connectivity index (χ0) is 20.4. The predicted octanol–water partition coefficient (Wildman–Crippen LogP) is 4.13. The van der Waals surface area contributed by atoms with Crippen molar-refractivity contribution in [2.45, 2.75) is 25.5 Å². The summed E-state index contributed by atoms with van der Waals surface area (Å²) in [5, 5.41) is 2.79. The molecule has 0 fully saturated rings. The average molecular weight is 399 g/mol. The number of carbonyl (C=O) groups is 1. The van der Waals surface area contributed by atoms with Gasteiger partial charge in [-0.15, -0.1) is 0 Å². The van der Waals surface area contributed by atoms with Gasteiger partial charge >= 0.3 is 0 Å². The van der Waals surface area contributed by atoms with E-state index < -0.39 is 14.8 Å². The number of carbonyl (C=O) groups excluding carboxylic acids is 1. The molecule has 0 aliphatic carbocycles. The lowest BCUT2D eigenvalue weighted by atomic mass is 10.1. The van der Waals surface area contributed by atoms with E-state index in [1.54, 1.807) is 75.5 Å². The number of hydrogen-bond donors (Lipinski definition) is 2. The molecule has 0 bridgehead atoms. The highest BCUT2D eigenvalue weighted by Gasteiger charge is 2.28. The zero-order valence-electron chi connectivity index (χ0n) is 15.8. The number of anilines is 2. The molecule has 3 rings (SSSR count). The molecule has 0 radical (unpaired) electrons. The van der Waals surface area contributed by atoms with Crippen molar-refractivity contribution >= 4 is 27.3 Å². The van der Waals surface area contributed by atoms with Crippen LogP contribution in [-0.2, 0) is 10.0 Å². The lowest BCUT2D eigenvalue weighted by Gasteiger charge is -2.20. The predicted molar refractivity (Wildman–Crippen MR) is 109 cm³/mol. The van der Waals surface area contributed by atoms with Gasteiger partial charge in [-0.1, -0.05) is 0 Å². The van der Waals surface area contributed by atoms with Crippen molar-refractivity contribution in [3.63, 3.8) is 0 Å². The Morgan fingerprint density at radius 1 is 0.964 bits per heavy atom. The number of nitrogens with one attached hydrogen (secondary N) is 2. The molecule has 0 atom stereocenters. The Labute approximate surface area is 163 Å². The monoisotopic (exact) mass is 399 g/mol. The van der Waals surface area contributed by atoms with E-state index in [-0.39, 0.29) is 5.91 Å². The second-order valence-corrected chi connectivity index (χ2v) is 9.60. The van der Waals surface area contributed by atoms with Gasteiger partial charge in [0, 0.05) is 22.5 Å². The van der Waals surface area contributed by atoms with Gasteiger partial charge in [0.05, 0.1) is 10.9 Å². The number of aromatic nitrogens is 1. The molecular weight excluding hydrogens is 378 g/mol. The number of oxazole rings is 1. The third-order valence-electron chi connectivity index (χ3n) is 4.03. The van der Waals surface area contributed by atoms with Crippen molar-refractivity contribution < 1.29 is 17.6 Å². The second kappa shape index (κ2) is 7.47. The van der Waals surface area contributed by atoms with Gasteiger partial charge in [0.25, 0.3) is 5.91 Å². The van der Waals surface area contributed by atoms with Crippen molar-refractivity contribution in [3.05, 3.63) is 66.6 Å². The number of sulfonamides is 1. The van der Waals surface area contributed by atoms with Gasteiger partial charge in [-0.05, 0) is 69.3 Å². The molecule has 146 valence electrons. The third-order valence-corrected chi connectivity index (χ3v) is 6.14. The van der Waals surface area contributed by atoms with Crippen LogP contribution in [0, 0.1) is 0 Å². The van der Waals surface area contributed by atoms with Crippen LogP contribution in [0.2, 0.25) is 0 Å². The number of amides is 1. The highest BCUT2D eigenvalue weighted by Crippen LogP contribution is 2.22. The minimum absolute atomic E-state index is 0.297. The first-order valence-corrected chi connectivity index (χ1v) is 10.1. The van der Waals surface area contributed by atoms with E-state index in [9.17, 15) is 13.2 Å². The fourth-order valence-electron chi connectivity index (χ4n) is 2.26. The zero-order valence-corrected chi connectivity index (χ0v) is 16.6. The molecule has 0 spiro atoms. The summed E-state index contributed by atoms with van der Waals surface area (Å²) in [7, 11) is -3.52. The average Bonchev–Trinajstić information content (AvgIpc) is 3.16. The molecule has 0 saturated heterocycles. The maximum atomic E-state index is 12.4. The first kappa shape index (κ1) is 19.6. The Bertz CT molecular complexity index is 1050. The Morgan fingerprint density at radius 3 is 2.11 bits per heavy atom. The van der Waals surface area contributed by atoms with Crippen molar-refractivity contribution in [1.82, 2.24) is 4.98 Å². The maximum Gasteiger partial charge on any atom is 0.255 e. The van der Waals surface area contributed by atoms with E-state index in [2.05, 4.69) is 15.0 Å². The summed E-state index contributed by atoms with van der Waals surface area (Å²) in [6.07, 6.45) is 3.06. The summed E-state index contributed by atoms with van der Waals surface area (Å²) < 4.78 is 31.2. The second-order valence-electron chi connectivity index (χ2n) is 7.16. The molecule has 3 aromatic rings. The van der Waals surface area contributed by atoms with Crippen LogP contribution in [-0.4, -0.2) is 24.1 Å². The minimum Gasteiger partial charge on any atom is -0.445 e. The van der Waals surface area contributed by atoms with Gasteiger partial charge in [-0.3, -0.25) is 9.52 Å². The summed E-state index contributed by atoms with van der Waals surface area (Å²) in [5.74, 6) is 0.209. The van der Waals surface area contributed by atoms with E-state index in [0.29, 0.717) is 22.8 Å². The van der Waals surface area contributed by atoms with Crippen LogP contribution >= 0.6 is 0 Å². The highest BCUT2D eigenvalue weighted by molar-refractivity contribution is 7.94. The standard InChI is InChI=1S/C20H21N3O4S/c1-20(2,3)28(25,26)23-17-10-4-14(5-11-17)18(24)22-16-8-6-15(7-9-16)19-21-12-13-27-19/h4-13,23H,1-3H3,(H,22,24). The quantitative estimate of drug-likeness (QED) is 0.672. The van der Waals surface area contributed by atoms with Gasteiger partial charge < -0.3 is 9.73 Å². The molecule has 7 nitrogen and oxygen atoms in total. The van der Waals surface area contributed by atoms with Crippen molar-refractivity contribution in [3.8, 4) is 11.5 Å². The third kappa shape index (κ3) is 4.40. The topological polar surface area (TPSA) is 101 Å². The summed E-state index contributed by atoms with van der Waals surface area (Å²) in [4.78, 5) is 16.5. The van der Waals surface area contributed by atoms with E-state index in [0.717, 1.165) is 5.56 Å². The van der Waals surface area contributed by atoms with Gasteiger partial charge in [-0.25, -0.2) is 13.4 Å². The smallest absolute Gasteiger partial charge is 0.255 e. The van der Waals surface area contributed by atoms with Crippen LogP contribution in [0.4, 0.5) is 11.4 Å².